The summed E-state index contributed by atoms with van der Waals surface area (Å²) in [4.78, 5) is 6.79. The van der Waals surface area contributed by atoms with Gasteiger partial charge in [-0.2, -0.15) is 0 Å². The Morgan fingerprint density at radius 2 is 2.44 bits per heavy atom. The summed E-state index contributed by atoms with van der Waals surface area (Å²) in [6.07, 6.45) is 5.59. The molecular weight excluding hydrogens is 266 g/mol. The molecule has 0 radical (unpaired) electrons. The van der Waals surface area contributed by atoms with E-state index in [1.807, 2.05) is 6.07 Å². The van der Waals surface area contributed by atoms with Crippen molar-refractivity contribution in [2.75, 3.05) is 23.7 Å². The van der Waals surface area contributed by atoms with Gasteiger partial charge in [-0.05, 0) is 40.8 Å². The minimum atomic E-state index is 0.708. The molecule has 1 saturated heterocycles. The van der Waals surface area contributed by atoms with Gasteiger partial charge in [0, 0.05) is 13.1 Å². The lowest BCUT2D eigenvalue weighted by atomic mass is 9.96. The second-order valence-corrected chi connectivity index (χ2v) is 5.29. The van der Waals surface area contributed by atoms with Crippen LogP contribution in [0, 0.1) is 5.92 Å². The first kappa shape index (κ1) is 11.7. The van der Waals surface area contributed by atoms with Gasteiger partial charge < -0.3 is 10.6 Å². The zero-order chi connectivity index (χ0) is 11.5. The molecule has 1 aliphatic heterocycles. The normalized spacial score (nSPS) is 21.1. The molecule has 0 bridgehead atoms. The van der Waals surface area contributed by atoms with E-state index in [0.29, 0.717) is 5.69 Å². The molecule has 0 aromatic carbocycles. The number of hydrogen-bond acceptors (Lipinski definition) is 3. The van der Waals surface area contributed by atoms with Crippen LogP contribution >= 0.6 is 15.9 Å². The van der Waals surface area contributed by atoms with E-state index in [1.165, 1.54) is 19.3 Å². The van der Waals surface area contributed by atoms with Gasteiger partial charge in [-0.15, -0.1) is 0 Å². The van der Waals surface area contributed by atoms with E-state index in [9.17, 15) is 0 Å². The molecule has 4 heteroatoms. The molecule has 88 valence electrons. The summed E-state index contributed by atoms with van der Waals surface area (Å²) in [7, 11) is 0. The van der Waals surface area contributed by atoms with Crippen molar-refractivity contribution in [3.8, 4) is 0 Å². The highest BCUT2D eigenvalue weighted by Crippen LogP contribution is 2.29. The van der Waals surface area contributed by atoms with E-state index in [4.69, 9.17) is 5.73 Å². The number of nitrogens with two attached hydrogens (primary N) is 1. The van der Waals surface area contributed by atoms with E-state index in [-0.39, 0.29) is 0 Å². The average Bonchev–Trinajstić information content (AvgIpc) is 2.29. The molecule has 16 heavy (non-hydrogen) atoms. The third-order valence-electron chi connectivity index (χ3n) is 3.24. The Balaban J connectivity index is 2.16. The van der Waals surface area contributed by atoms with Crippen LogP contribution in [0.15, 0.2) is 16.7 Å². The quantitative estimate of drug-likeness (QED) is 0.907. The van der Waals surface area contributed by atoms with Crippen LogP contribution in [0.1, 0.15) is 26.2 Å². The molecule has 0 spiro atoms. The number of hydrogen-bond donors (Lipinski definition) is 1. The number of rotatable bonds is 2. The summed E-state index contributed by atoms with van der Waals surface area (Å²) in [6, 6.07) is 1.93. The second-order valence-electron chi connectivity index (χ2n) is 4.44. The molecule has 0 saturated carbocycles. The highest BCUT2D eigenvalue weighted by atomic mass is 79.9. The van der Waals surface area contributed by atoms with Crippen LogP contribution in [0.4, 0.5) is 11.5 Å². The fraction of sp³-hybridized carbons (Fsp3) is 0.583. The summed E-state index contributed by atoms with van der Waals surface area (Å²) in [5.41, 5.74) is 6.41. The van der Waals surface area contributed by atoms with Gasteiger partial charge in [0.2, 0.25) is 0 Å². The number of piperidine rings is 1. The molecule has 1 aromatic heterocycles. The summed E-state index contributed by atoms with van der Waals surface area (Å²) in [6.45, 7) is 4.48. The number of halogens is 1. The minimum Gasteiger partial charge on any atom is -0.397 e. The fourth-order valence-electron chi connectivity index (χ4n) is 2.27. The van der Waals surface area contributed by atoms with Crippen molar-refractivity contribution in [1.82, 2.24) is 4.98 Å². The fourth-order valence-corrected chi connectivity index (χ4v) is 2.89. The number of anilines is 2. The van der Waals surface area contributed by atoms with Gasteiger partial charge in [0.1, 0.15) is 5.82 Å². The van der Waals surface area contributed by atoms with Crippen LogP contribution in [-0.2, 0) is 0 Å². The second kappa shape index (κ2) is 5.04. The van der Waals surface area contributed by atoms with Gasteiger partial charge in [-0.3, -0.25) is 0 Å². The molecule has 1 aliphatic rings. The van der Waals surface area contributed by atoms with E-state index in [1.54, 1.807) is 6.20 Å². The van der Waals surface area contributed by atoms with Crippen molar-refractivity contribution in [3.63, 3.8) is 0 Å². The Hall–Kier alpha value is -0.770. The van der Waals surface area contributed by atoms with E-state index < -0.39 is 0 Å². The third kappa shape index (κ3) is 2.48. The van der Waals surface area contributed by atoms with Gasteiger partial charge in [-0.1, -0.05) is 13.3 Å². The van der Waals surface area contributed by atoms with Gasteiger partial charge in [-0.25, -0.2) is 4.98 Å². The molecule has 2 rings (SSSR count). The SMILES string of the molecule is CCC1CCCN(c2ncc(N)cc2Br)C1. The molecule has 1 fully saturated rings. The first-order chi connectivity index (χ1) is 7.70. The maximum absolute atomic E-state index is 5.70. The van der Waals surface area contributed by atoms with E-state index in [2.05, 4.69) is 32.7 Å². The van der Waals surface area contributed by atoms with Crippen LogP contribution in [0.25, 0.3) is 0 Å². The lowest BCUT2D eigenvalue weighted by Gasteiger charge is -2.33. The van der Waals surface area contributed by atoms with Gasteiger partial charge >= 0.3 is 0 Å². The van der Waals surface area contributed by atoms with Crippen LogP contribution < -0.4 is 10.6 Å². The van der Waals surface area contributed by atoms with Crippen LogP contribution in [0.5, 0.6) is 0 Å². The highest BCUT2D eigenvalue weighted by molar-refractivity contribution is 9.10. The first-order valence-corrected chi connectivity index (χ1v) is 6.66. The van der Waals surface area contributed by atoms with E-state index in [0.717, 1.165) is 29.3 Å². The van der Waals surface area contributed by atoms with E-state index >= 15 is 0 Å². The Morgan fingerprint density at radius 3 is 3.12 bits per heavy atom. The van der Waals surface area contributed by atoms with Crippen LogP contribution in [0.3, 0.4) is 0 Å². The van der Waals surface area contributed by atoms with Gasteiger partial charge in [0.05, 0.1) is 16.4 Å². The van der Waals surface area contributed by atoms with Crippen molar-refractivity contribution in [2.24, 2.45) is 5.92 Å². The topological polar surface area (TPSA) is 42.2 Å². The standard InChI is InChI=1S/C12H18BrN3/c1-2-9-4-3-5-16(8-9)12-11(13)6-10(14)7-15-12/h6-7,9H,2-5,8,14H2,1H3. The maximum Gasteiger partial charge on any atom is 0.143 e. The first-order valence-electron chi connectivity index (χ1n) is 5.86. The van der Waals surface area contributed by atoms with Gasteiger partial charge in [0.15, 0.2) is 0 Å². The molecule has 2 heterocycles. The number of nitrogen functional groups attached to an aromatic ring is 1. The Bertz CT molecular complexity index is 367. The third-order valence-corrected chi connectivity index (χ3v) is 3.82. The molecule has 1 unspecified atom stereocenters. The Labute approximate surface area is 105 Å². The highest BCUT2D eigenvalue weighted by Gasteiger charge is 2.20. The summed E-state index contributed by atoms with van der Waals surface area (Å²) < 4.78 is 1.00. The van der Waals surface area contributed by atoms with Crippen LogP contribution in [0.2, 0.25) is 0 Å². The smallest absolute Gasteiger partial charge is 0.143 e. The predicted octanol–water partition coefficient (Wildman–Crippen LogP) is 3.05. The number of aromatic nitrogens is 1. The lowest BCUT2D eigenvalue weighted by Crippen LogP contribution is -2.35. The molecule has 3 nitrogen and oxygen atoms in total. The van der Waals surface area contributed by atoms with Crippen molar-refractivity contribution in [2.45, 2.75) is 26.2 Å². The van der Waals surface area contributed by atoms with Crippen LogP contribution in [-0.4, -0.2) is 18.1 Å². The van der Waals surface area contributed by atoms with Gasteiger partial charge in [0.25, 0.3) is 0 Å². The molecule has 0 amide bonds. The molecule has 2 N–H and O–H groups in total. The predicted molar refractivity (Wildman–Crippen MR) is 71.6 cm³/mol. The summed E-state index contributed by atoms with van der Waals surface area (Å²) in [5, 5.41) is 0. The maximum atomic E-state index is 5.70. The monoisotopic (exact) mass is 283 g/mol. The lowest BCUT2D eigenvalue weighted by molar-refractivity contribution is 0.403. The largest absolute Gasteiger partial charge is 0.397 e. The van der Waals surface area contributed by atoms with Crippen molar-refractivity contribution in [1.29, 1.82) is 0 Å². The van der Waals surface area contributed by atoms with Crippen molar-refractivity contribution in [3.05, 3.63) is 16.7 Å². The zero-order valence-electron chi connectivity index (χ0n) is 9.62. The number of pyridine rings is 1. The molecule has 1 atom stereocenters. The Kier molecular flexibility index (Phi) is 3.69. The Morgan fingerprint density at radius 1 is 1.62 bits per heavy atom. The number of nitrogens with zero attached hydrogens (tertiary/aromatic N) is 2. The molecule has 1 aromatic rings. The summed E-state index contributed by atoms with van der Waals surface area (Å²) in [5.74, 6) is 1.84. The van der Waals surface area contributed by atoms with Crippen molar-refractivity contribution < 1.29 is 0 Å². The zero-order valence-corrected chi connectivity index (χ0v) is 11.2. The molecule has 0 aliphatic carbocycles. The molecular formula is C12H18BrN3. The minimum absolute atomic E-state index is 0.708. The van der Waals surface area contributed by atoms with Crippen molar-refractivity contribution >= 4 is 27.4 Å². The summed E-state index contributed by atoms with van der Waals surface area (Å²) >= 11 is 3.54. The average molecular weight is 284 g/mol.